The lowest BCUT2D eigenvalue weighted by molar-refractivity contribution is -0.0864. The lowest BCUT2D eigenvalue weighted by Crippen LogP contribution is -2.31. The van der Waals surface area contributed by atoms with Gasteiger partial charge in [0, 0.05) is 0 Å². The van der Waals surface area contributed by atoms with Crippen LogP contribution in [0.4, 0.5) is 0 Å². The maximum Gasteiger partial charge on any atom is 0.101 e. The van der Waals surface area contributed by atoms with Crippen LogP contribution in [0.1, 0.15) is 52.9 Å². The van der Waals surface area contributed by atoms with E-state index in [4.69, 9.17) is 9.47 Å². The summed E-state index contributed by atoms with van der Waals surface area (Å²) < 4.78 is 11.2. The average molecular weight is 230 g/mol. The molecule has 3 nitrogen and oxygen atoms in total. The van der Waals surface area contributed by atoms with Crippen molar-refractivity contribution in [3.8, 4) is 0 Å². The highest BCUT2D eigenvalue weighted by Gasteiger charge is 2.17. The summed E-state index contributed by atoms with van der Waals surface area (Å²) in [6, 6.07) is 0. The van der Waals surface area contributed by atoms with Gasteiger partial charge >= 0.3 is 0 Å². The molecule has 0 aromatic heterocycles. The van der Waals surface area contributed by atoms with Crippen LogP contribution in [0.3, 0.4) is 0 Å². The van der Waals surface area contributed by atoms with Gasteiger partial charge in [0.2, 0.25) is 0 Å². The van der Waals surface area contributed by atoms with Crippen LogP contribution >= 0.6 is 0 Å². The van der Waals surface area contributed by atoms with E-state index in [1.165, 1.54) is 19.3 Å². The van der Waals surface area contributed by atoms with Crippen molar-refractivity contribution >= 4 is 0 Å². The van der Waals surface area contributed by atoms with Crippen LogP contribution < -0.4 is 0 Å². The first-order chi connectivity index (χ1) is 7.47. The van der Waals surface area contributed by atoms with Gasteiger partial charge in [-0.3, -0.25) is 0 Å². The van der Waals surface area contributed by atoms with E-state index in [9.17, 15) is 5.11 Å². The van der Waals surface area contributed by atoms with Gasteiger partial charge in [0.25, 0.3) is 0 Å². The molecule has 0 bridgehead atoms. The standard InChI is InChI=1S/C13H26O3/c1-13(2,3)16-10-11(14)9-15-12-7-5-4-6-8-12/h11-12,14H,4-10H2,1-3H3/t11-/m0/s1. The monoisotopic (exact) mass is 230 g/mol. The Kier molecular flexibility index (Phi) is 5.73. The minimum atomic E-state index is -0.499. The molecule has 1 atom stereocenters. The molecule has 1 fully saturated rings. The molecule has 3 heteroatoms. The first kappa shape index (κ1) is 13.9. The van der Waals surface area contributed by atoms with Crippen molar-refractivity contribution in [3.63, 3.8) is 0 Å². The van der Waals surface area contributed by atoms with Gasteiger partial charge in [0.1, 0.15) is 6.10 Å². The summed E-state index contributed by atoms with van der Waals surface area (Å²) >= 11 is 0. The zero-order valence-corrected chi connectivity index (χ0v) is 10.9. The first-order valence-corrected chi connectivity index (χ1v) is 6.41. The molecule has 0 aliphatic heterocycles. The van der Waals surface area contributed by atoms with E-state index in [-0.39, 0.29) is 5.60 Å². The molecular formula is C13H26O3. The molecule has 0 spiro atoms. The van der Waals surface area contributed by atoms with E-state index in [0.717, 1.165) is 12.8 Å². The maximum absolute atomic E-state index is 9.69. The highest BCUT2D eigenvalue weighted by molar-refractivity contribution is 4.67. The molecule has 0 unspecified atom stereocenters. The summed E-state index contributed by atoms with van der Waals surface area (Å²) in [5.41, 5.74) is -0.189. The predicted octanol–water partition coefficient (Wildman–Crippen LogP) is 2.51. The highest BCUT2D eigenvalue weighted by Crippen LogP contribution is 2.20. The number of rotatable bonds is 5. The van der Waals surface area contributed by atoms with Gasteiger partial charge in [-0.2, -0.15) is 0 Å². The quantitative estimate of drug-likeness (QED) is 0.788. The highest BCUT2D eigenvalue weighted by atomic mass is 16.5. The maximum atomic E-state index is 9.69. The van der Waals surface area contributed by atoms with Crippen LogP contribution in [0.25, 0.3) is 0 Å². The van der Waals surface area contributed by atoms with Gasteiger partial charge in [-0.15, -0.1) is 0 Å². The zero-order chi connectivity index (χ0) is 12.0. The fourth-order valence-corrected chi connectivity index (χ4v) is 1.87. The number of aliphatic hydroxyl groups excluding tert-OH is 1. The predicted molar refractivity (Wildman–Crippen MR) is 64.5 cm³/mol. The summed E-state index contributed by atoms with van der Waals surface area (Å²) in [6.07, 6.45) is 6.01. The Morgan fingerprint density at radius 3 is 2.31 bits per heavy atom. The lowest BCUT2D eigenvalue weighted by atomic mass is 9.98. The van der Waals surface area contributed by atoms with Crippen LogP contribution in [0.2, 0.25) is 0 Å². The smallest absolute Gasteiger partial charge is 0.101 e. The van der Waals surface area contributed by atoms with Crippen molar-refractivity contribution in [1.29, 1.82) is 0 Å². The number of aliphatic hydroxyl groups is 1. The van der Waals surface area contributed by atoms with Gasteiger partial charge in [-0.05, 0) is 33.6 Å². The Hall–Kier alpha value is -0.120. The van der Waals surface area contributed by atoms with E-state index in [0.29, 0.717) is 19.3 Å². The van der Waals surface area contributed by atoms with Crippen molar-refractivity contribution in [3.05, 3.63) is 0 Å². The number of ether oxygens (including phenoxy) is 2. The molecule has 16 heavy (non-hydrogen) atoms. The molecule has 1 aliphatic rings. The van der Waals surface area contributed by atoms with Crippen LogP contribution in [0.15, 0.2) is 0 Å². The molecule has 0 aromatic rings. The molecular weight excluding hydrogens is 204 g/mol. The molecule has 1 aliphatic carbocycles. The van der Waals surface area contributed by atoms with Gasteiger partial charge in [0.05, 0.1) is 24.9 Å². The van der Waals surface area contributed by atoms with Gasteiger partial charge in [0.15, 0.2) is 0 Å². The molecule has 0 heterocycles. The molecule has 0 radical (unpaired) electrons. The molecule has 0 saturated heterocycles. The zero-order valence-electron chi connectivity index (χ0n) is 10.9. The van der Waals surface area contributed by atoms with E-state index in [1.807, 2.05) is 20.8 Å². The summed E-state index contributed by atoms with van der Waals surface area (Å²) in [5, 5.41) is 9.69. The van der Waals surface area contributed by atoms with E-state index in [2.05, 4.69) is 0 Å². The van der Waals surface area contributed by atoms with Crippen molar-refractivity contribution in [2.45, 2.75) is 70.7 Å². The summed E-state index contributed by atoms with van der Waals surface area (Å²) in [7, 11) is 0. The van der Waals surface area contributed by atoms with Crippen LogP contribution in [-0.4, -0.2) is 36.1 Å². The number of hydrogen-bond donors (Lipinski definition) is 1. The summed E-state index contributed by atoms with van der Waals surface area (Å²) in [4.78, 5) is 0. The van der Waals surface area contributed by atoms with Gasteiger partial charge in [-0.1, -0.05) is 19.3 Å². The summed E-state index contributed by atoms with van der Waals surface area (Å²) in [5.74, 6) is 0. The van der Waals surface area contributed by atoms with E-state index >= 15 is 0 Å². The minimum absolute atomic E-state index is 0.189. The summed E-state index contributed by atoms with van der Waals surface area (Å²) in [6.45, 7) is 6.72. The lowest BCUT2D eigenvalue weighted by Gasteiger charge is -2.25. The fourth-order valence-electron chi connectivity index (χ4n) is 1.87. The van der Waals surface area contributed by atoms with Crippen LogP contribution in [-0.2, 0) is 9.47 Å². The van der Waals surface area contributed by atoms with Crippen molar-refractivity contribution in [2.24, 2.45) is 0 Å². The molecule has 1 rings (SSSR count). The van der Waals surface area contributed by atoms with Gasteiger partial charge in [-0.25, -0.2) is 0 Å². The minimum Gasteiger partial charge on any atom is -0.388 e. The first-order valence-electron chi connectivity index (χ1n) is 6.41. The molecule has 96 valence electrons. The Morgan fingerprint density at radius 1 is 1.12 bits per heavy atom. The second-order valence-corrected chi connectivity index (χ2v) is 5.67. The van der Waals surface area contributed by atoms with Gasteiger partial charge < -0.3 is 14.6 Å². The van der Waals surface area contributed by atoms with Crippen molar-refractivity contribution in [1.82, 2.24) is 0 Å². The van der Waals surface area contributed by atoms with Crippen LogP contribution in [0.5, 0.6) is 0 Å². The van der Waals surface area contributed by atoms with Crippen LogP contribution in [0, 0.1) is 0 Å². The molecule has 1 N–H and O–H groups in total. The normalized spacial score (nSPS) is 21.0. The topological polar surface area (TPSA) is 38.7 Å². The third kappa shape index (κ3) is 6.46. The Balaban J connectivity index is 2.07. The van der Waals surface area contributed by atoms with E-state index in [1.54, 1.807) is 0 Å². The number of hydrogen-bond acceptors (Lipinski definition) is 3. The van der Waals surface area contributed by atoms with Crippen molar-refractivity contribution in [2.75, 3.05) is 13.2 Å². The largest absolute Gasteiger partial charge is 0.388 e. The molecule has 1 saturated carbocycles. The Bertz CT molecular complexity index is 180. The Morgan fingerprint density at radius 2 is 1.75 bits per heavy atom. The fraction of sp³-hybridized carbons (Fsp3) is 1.00. The third-order valence-electron chi connectivity index (χ3n) is 2.79. The third-order valence-corrected chi connectivity index (χ3v) is 2.79. The Labute approximate surface area is 99.1 Å². The molecule has 0 aromatic carbocycles. The second kappa shape index (κ2) is 6.58. The van der Waals surface area contributed by atoms with E-state index < -0.39 is 6.10 Å². The van der Waals surface area contributed by atoms with Crippen molar-refractivity contribution < 1.29 is 14.6 Å². The second-order valence-electron chi connectivity index (χ2n) is 5.67. The molecule has 0 amide bonds. The average Bonchev–Trinajstić information content (AvgIpc) is 2.24. The SMILES string of the molecule is CC(C)(C)OC[C@@H](O)COC1CCCCC1.